The maximum absolute atomic E-state index is 6.41. The summed E-state index contributed by atoms with van der Waals surface area (Å²) < 4.78 is 2.28. The molecule has 1 aliphatic rings. The molecular weight excluding hydrogens is 291 g/mol. The van der Waals surface area contributed by atoms with Crippen molar-refractivity contribution in [1.82, 2.24) is 9.55 Å². The van der Waals surface area contributed by atoms with Gasteiger partial charge in [0.2, 0.25) is 0 Å². The molecule has 1 unspecified atom stereocenters. The van der Waals surface area contributed by atoms with Gasteiger partial charge >= 0.3 is 0 Å². The molecule has 1 aliphatic carbocycles. The minimum absolute atomic E-state index is 0.411. The molecule has 1 aromatic heterocycles. The van der Waals surface area contributed by atoms with E-state index < -0.39 is 0 Å². The Bertz CT molecular complexity index is 600. The number of para-hydroxylation sites is 1. The van der Waals surface area contributed by atoms with Gasteiger partial charge in [0.15, 0.2) is 0 Å². The SMILES string of the molecule is CC(C1CCCCC1)n1c(CCl)nc2cccc(Cl)c21. The van der Waals surface area contributed by atoms with Gasteiger partial charge in [0.25, 0.3) is 0 Å². The zero-order valence-corrected chi connectivity index (χ0v) is 13.3. The van der Waals surface area contributed by atoms with Gasteiger partial charge in [-0.3, -0.25) is 0 Å². The van der Waals surface area contributed by atoms with E-state index in [1.807, 2.05) is 18.2 Å². The molecular formula is C16H20Cl2N2. The van der Waals surface area contributed by atoms with Crippen molar-refractivity contribution in [3.63, 3.8) is 0 Å². The number of nitrogens with zero attached hydrogens (tertiary/aromatic N) is 2. The number of hydrogen-bond acceptors (Lipinski definition) is 1. The first-order valence-corrected chi connectivity index (χ1v) is 8.35. The Morgan fingerprint density at radius 3 is 2.75 bits per heavy atom. The Morgan fingerprint density at radius 1 is 1.30 bits per heavy atom. The summed E-state index contributed by atoms with van der Waals surface area (Å²) in [6.07, 6.45) is 6.65. The third kappa shape index (κ3) is 2.44. The fourth-order valence-electron chi connectivity index (χ4n) is 3.51. The molecule has 0 radical (unpaired) electrons. The summed E-state index contributed by atoms with van der Waals surface area (Å²) in [5, 5.41) is 0.772. The molecule has 0 aliphatic heterocycles. The average molecular weight is 311 g/mol. The second kappa shape index (κ2) is 5.95. The van der Waals surface area contributed by atoms with Gasteiger partial charge in [-0.2, -0.15) is 0 Å². The third-order valence-corrected chi connectivity index (χ3v) is 5.14. The molecule has 1 heterocycles. The predicted molar refractivity (Wildman–Crippen MR) is 85.6 cm³/mol. The van der Waals surface area contributed by atoms with Crippen molar-refractivity contribution >= 4 is 34.2 Å². The molecule has 0 amide bonds. The Morgan fingerprint density at radius 2 is 2.05 bits per heavy atom. The molecule has 108 valence electrons. The summed E-state index contributed by atoms with van der Waals surface area (Å²) in [5.41, 5.74) is 2.00. The van der Waals surface area contributed by atoms with Crippen LogP contribution in [0.3, 0.4) is 0 Å². The highest BCUT2D eigenvalue weighted by Gasteiger charge is 2.25. The number of halogens is 2. The second-order valence-electron chi connectivity index (χ2n) is 5.78. The van der Waals surface area contributed by atoms with Gasteiger partial charge in [-0.1, -0.05) is 36.9 Å². The van der Waals surface area contributed by atoms with E-state index in [0.29, 0.717) is 17.8 Å². The lowest BCUT2D eigenvalue weighted by molar-refractivity contribution is 0.265. The van der Waals surface area contributed by atoms with Gasteiger partial charge in [0.05, 0.1) is 21.9 Å². The molecule has 0 spiro atoms. The van der Waals surface area contributed by atoms with E-state index in [1.165, 1.54) is 32.1 Å². The van der Waals surface area contributed by atoms with E-state index in [-0.39, 0.29) is 0 Å². The van der Waals surface area contributed by atoms with Crippen molar-refractivity contribution in [2.75, 3.05) is 0 Å². The molecule has 0 bridgehead atoms. The summed E-state index contributed by atoms with van der Waals surface area (Å²) in [5.74, 6) is 2.08. The van der Waals surface area contributed by atoms with Crippen LogP contribution in [-0.4, -0.2) is 9.55 Å². The Kier molecular flexibility index (Phi) is 4.23. The third-order valence-electron chi connectivity index (χ3n) is 4.59. The number of imidazole rings is 1. The largest absolute Gasteiger partial charge is 0.323 e. The zero-order valence-electron chi connectivity index (χ0n) is 11.8. The van der Waals surface area contributed by atoms with Crippen LogP contribution in [-0.2, 0) is 5.88 Å². The monoisotopic (exact) mass is 310 g/mol. The van der Waals surface area contributed by atoms with Gasteiger partial charge in [0, 0.05) is 6.04 Å². The maximum atomic E-state index is 6.41. The highest BCUT2D eigenvalue weighted by atomic mass is 35.5. The summed E-state index contributed by atoms with van der Waals surface area (Å²) in [7, 11) is 0. The van der Waals surface area contributed by atoms with Crippen molar-refractivity contribution in [3.05, 3.63) is 29.0 Å². The van der Waals surface area contributed by atoms with Crippen LogP contribution in [0.25, 0.3) is 11.0 Å². The fourth-order valence-corrected chi connectivity index (χ4v) is 3.96. The summed E-state index contributed by atoms with van der Waals surface area (Å²) in [6, 6.07) is 6.31. The first-order chi connectivity index (χ1) is 9.72. The maximum Gasteiger partial charge on any atom is 0.125 e. The Balaban J connectivity index is 2.08. The van der Waals surface area contributed by atoms with E-state index in [2.05, 4.69) is 16.5 Å². The van der Waals surface area contributed by atoms with Crippen molar-refractivity contribution in [2.24, 2.45) is 5.92 Å². The normalized spacial score (nSPS) is 18.6. The Labute approximate surface area is 130 Å². The highest BCUT2D eigenvalue weighted by Crippen LogP contribution is 2.37. The number of aromatic nitrogens is 2. The molecule has 0 saturated heterocycles. The van der Waals surface area contributed by atoms with Crippen LogP contribution in [0.4, 0.5) is 0 Å². The predicted octanol–water partition coefficient (Wildman–Crippen LogP) is 5.57. The van der Waals surface area contributed by atoms with E-state index in [4.69, 9.17) is 23.2 Å². The lowest BCUT2D eigenvalue weighted by atomic mass is 9.84. The van der Waals surface area contributed by atoms with Crippen molar-refractivity contribution in [3.8, 4) is 0 Å². The fraction of sp³-hybridized carbons (Fsp3) is 0.562. The standard InChI is InChI=1S/C16H20Cl2N2/c1-11(12-6-3-2-4-7-12)20-15(10-17)19-14-9-5-8-13(18)16(14)20/h5,8-9,11-12H,2-4,6-7,10H2,1H3. The lowest BCUT2D eigenvalue weighted by Crippen LogP contribution is -2.20. The van der Waals surface area contributed by atoms with E-state index in [1.54, 1.807) is 0 Å². The number of benzene rings is 1. The molecule has 1 aromatic carbocycles. The van der Waals surface area contributed by atoms with Crippen molar-refractivity contribution in [2.45, 2.75) is 50.9 Å². The van der Waals surface area contributed by atoms with Gasteiger partial charge in [-0.15, -0.1) is 11.6 Å². The van der Waals surface area contributed by atoms with Crippen molar-refractivity contribution < 1.29 is 0 Å². The molecule has 1 saturated carbocycles. The summed E-state index contributed by atoms with van der Waals surface area (Å²) in [4.78, 5) is 4.65. The van der Waals surface area contributed by atoms with Gasteiger partial charge in [-0.05, 0) is 37.8 Å². The second-order valence-corrected chi connectivity index (χ2v) is 6.45. The van der Waals surface area contributed by atoms with Crippen LogP contribution in [0.15, 0.2) is 18.2 Å². The number of hydrogen-bond donors (Lipinski definition) is 0. The van der Waals surface area contributed by atoms with Gasteiger partial charge < -0.3 is 4.57 Å². The lowest BCUT2D eigenvalue weighted by Gasteiger charge is -2.30. The average Bonchev–Trinajstić information content (AvgIpc) is 2.87. The van der Waals surface area contributed by atoms with Gasteiger partial charge in [0.1, 0.15) is 5.82 Å². The van der Waals surface area contributed by atoms with Crippen LogP contribution in [0.5, 0.6) is 0 Å². The van der Waals surface area contributed by atoms with Crippen molar-refractivity contribution in [1.29, 1.82) is 0 Å². The van der Waals surface area contributed by atoms with Crippen LogP contribution in [0.2, 0.25) is 5.02 Å². The zero-order chi connectivity index (χ0) is 14.1. The molecule has 2 aromatic rings. The molecule has 0 N–H and O–H groups in total. The molecule has 1 atom stereocenters. The van der Waals surface area contributed by atoms with Crippen LogP contribution in [0.1, 0.15) is 50.9 Å². The molecule has 20 heavy (non-hydrogen) atoms. The highest BCUT2D eigenvalue weighted by molar-refractivity contribution is 6.35. The van der Waals surface area contributed by atoms with E-state index in [9.17, 15) is 0 Å². The van der Waals surface area contributed by atoms with Gasteiger partial charge in [-0.25, -0.2) is 4.98 Å². The molecule has 3 rings (SSSR count). The summed E-state index contributed by atoms with van der Waals surface area (Å²) >= 11 is 12.5. The first-order valence-electron chi connectivity index (χ1n) is 7.43. The Hall–Kier alpha value is -0.730. The topological polar surface area (TPSA) is 17.8 Å². The van der Waals surface area contributed by atoms with E-state index in [0.717, 1.165) is 21.9 Å². The minimum Gasteiger partial charge on any atom is -0.323 e. The van der Waals surface area contributed by atoms with Crippen LogP contribution < -0.4 is 0 Å². The minimum atomic E-state index is 0.411. The first kappa shape index (κ1) is 14.2. The smallest absolute Gasteiger partial charge is 0.125 e. The quantitative estimate of drug-likeness (QED) is 0.678. The van der Waals surface area contributed by atoms with E-state index >= 15 is 0 Å². The van der Waals surface area contributed by atoms with Crippen LogP contribution in [0, 0.1) is 5.92 Å². The van der Waals surface area contributed by atoms with Crippen LogP contribution >= 0.6 is 23.2 Å². The molecule has 1 fully saturated rings. The number of alkyl halides is 1. The molecule has 2 nitrogen and oxygen atoms in total. The summed E-state index contributed by atoms with van der Waals surface area (Å²) in [6.45, 7) is 2.29. The molecule has 4 heteroatoms. The number of rotatable bonds is 3. The number of fused-ring (bicyclic) bond motifs is 1.